The summed E-state index contributed by atoms with van der Waals surface area (Å²) in [6, 6.07) is 15.2. The highest BCUT2D eigenvalue weighted by Crippen LogP contribution is 2.30. The van der Waals surface area contributed by atoms with Gasteiger partial charge in [-0.3, -0.25) is 14.6 Å². The van der Waals surface area contributed by atoms with Gasteiger partial charge in [0.2, 0.25) is 11.9 Å². The maximum atomic E-state index is 13.6. The number of carbonyl (C=O) groups is 2. The quantitative estimate of drug-likeness (QED) is 0.704. The van der Waals surface area contributed by atoms with Crippen molar-refractivity contribution >= 4 is 29.4 Å². The van der Waals surface area contributed by atoms with Crippen molar-refractivity contribution in [1.29, 1.82) is 0 Å². The zero-order chi connectivity index (χ0) is 22.6. The molecule has 0 radical (unpaired) electrons. The number of hydrogen-bond donors (Lipinski definition) is 0. The van der Waals surface area contributed by atoms with Crippen LogP contribution in [0.3, 0.4) is 0 Å². The number of amidine groups is 1. The van der Waals surface area contributed by atoms with Gasteiger partial charge in [-0.25, -0.2) is 14.3 Å². The van der Waals surface area contributed by atoms with Crippen LogP contribution in [-0.2, 0) is 11.3 Å². The molecular weight excluding hydrogens is 402 g/mol. The summed E-state index contributed by atoms with van der Waals surface area (Å²) >= 11 is 0. The van der Waals surface area contributed by atoms with Crippen LogP contribution in [0, 0.1) is 19.8 Å². The monoisotopic (exact) mass is 430 g/mol. The van der Waals surface area contributed by atoms with Crippen LogP contribution in [0.1, 0.15) is 23.6 Å². The number of urea groups is 1. The predicted octanol–water partition coefficient (Wildman–Crippen LogP) is 3.00. The van der Waals surface area contributed by atoms with Gasteiger partial charge in [-0.05, 0) is 31.0 Å². The van der Waals surface area contributed by atoms with Gasteiger partial charge in [0, 0.05) is 13.0 Å². The van der Waals surface area contributed by atoms with Crippen molar-refractivity contribution in [2.75, 3.05) is 25.0 Å². The van der Waals surface area contributed by atoms with Gasteiger partial charge < -0.3 is 0 Å². The lowest BCUT2D eigenvalue weighted by Crippen LogP contribution is -2.63. The summed E-state index contributed by atoms with van der Waals surface area (Å²) in [4.78, 5) is 36.7. The van der Waals surface area contributed by atoms with E-state index in [-0.39, 0.29) is 18.5 Å². The Hall–Kier alpha value is -3.48. The SMILES string of the molecule is Cc1ccc(CN2C(=O)C3C(=NC4=[N+]3CC(C)CN4c3ccccc3C)N(C)C2=O)cc1. The summed E-state index contributed by atoms with van der Waals surface area (Å²) in [7, 11) is 1.71. The lowest BCUT2D eigenvalue weighted by Gasteiger charge is -2.35. The molecule has 164 valence electrons. The van der Waals surface area contributed by atoms with Crippen molar-refractivity contribution in [2.45, 2.75) is 33.4 Å². The first-order valence-corrected chi connectivity index (χ1v) is 11.0. The van der Waals surface area contributed by atoms with Crippen LogP contribution >= 0.6 is 0 Å². The Labute approximate surface area is 188 Å². The summed E-state index contributed by atoms with van der Waals surface area (Å²) in [5.74, 6) is 1.40. The second kappa shape index (κ2) is 7.58. The molecule has 3 aliphatic rings. The number of aryl methyl sites for hydroxylation is 2. The van der Waals surface area contributed by atoms with Gasteiger partial charge in [-0.15, -0.1) is 0 Å². The van der Waals surface area contributed by atoms with E-state index in [1.807, 2.05) is 43.3 Å². The van der Waals surface area contributed by atoms with Gasteiger partial charge >= 0.3 is 12.0 Å². The first kappa shape index (κ1) is 20.4. The Bertz CT molecular complexity index is 1170. The lowest BCUT2D eigenvalue weighted by atomic mass is 10.0. The molecule has 7 heteroatoms. The Morgan fingerprint density at radius 1 is 1.06 bits per heavy atom. The smallest absolute Gasteiger partial charge is 0.270 e. The summed E-state index contributed by atoms with van der Waals surface area (Å²) in [6.45, 7) is 8.09. The number of fused-ring (bicyclic) bond motifs is 2. The molecule has 2 aromatic rings. The third-order valence-electron chi connectivity index (χ3n) is 6.50. The molecule has 2 aromatic carbocycles. The fourth-order valence-corrected chi connectivity index (χ4v) is 4.79. The summed E-state index contributed by atoms with van der Waals surface area (Å²) in [5, 5.41) is 0. The average Bonchev–Trinajstić information content (AvgIpc) is 3.16. The molecule has 0 N–H and O–H groups in total. The molecule has 0 aliphatic carbocycles. The van der Waals surface area contributed by atoms with Gasteiger partial charge in [-0.1, -0.05) is 59.9 Å². The number of anilines is 1. The maximum absolute atomic E-state index is 13.6. The zero-order valence-electron chi connectivity index (χ0n) is 18.9. The topological polar surface area (TPSA) is 59.2 Å². The Kier molecular flexibility index (Phi) is 4.84. The lowest BCUT2D eigenvalue weighted by molar-refractivity contribution is -0.545. The Morgan fingerprint density at radius 2 is 1.78 bits per heavy atom. The van der Waals surface area contributed by atoms with Crippen LogP contribution in [0.4, 0.5) is 10.5 Å². The number of guanidine groups is 1. The normalized spacial score (nSPS) is 22.9. The van der Waals surface area contributed by atoms with E-state index in [9.17, 15) is 9.59 Å². The van der Waals surface area contributed by atoms with Gasteiger partial charge in [0.05, 0.1) is 19.6 Å². The number of imide groups is 1. The summed E-state index contributed by atoms with van der Waals surface area (Å²) in [5.41, 5.74) is 4.31. The minimum absolute atomic E-state index is 0.207. The number of aliphatic imine (C=N–C) groups is 1. The van der Waals surface area contributed by atoms with Crippen LogP contribution < -0.4 is 4.90 Å². The Balaban J connectivity index is 1.53. The molecule has 0 spiro atoms. The highest BCUT2D eigenvalue weighted by Gasteiger charge is 2.55. The molecular formula is C25H28N5O2+. The van der Waals surface area contributed by atoms with Crippen molar-refractivity contribution < 1.29 is 14.2 Å². The van der Waals surface area contributed by atoms with Gasteiger partial charge in [0.15, 0.2) is 0 Å². The van der Waals surface area contributed by atoms with Crippen LogP contribution in [0.25, 0.3) is 0 Å². The number of hydrogen-bond acceptors (Lipinski definition) is 4. The van der Waals surface area contributed by atoms with Gasteiger partial charge in [0.25, 0.3) is 5.91 Å². The van der Waals surface area contributed by atoms with Crippen molar-refractivity contribution in [1.82, 2.24) is 9.80 Å². The molecule has 3 aliphatic heterocycles. The number of amides is 3. The predicted molar refractivity (Wildman–Crippen MR) is 124 cm³/mol. The second-order valence-corrected chi connectivity index (χ2v) is 9.08. The highest BCUT2D eigenvalue weighted by molar-refractivity contribution is 6.24. The van der Waals surface area contributed by atoms with Crippen LogP contribution in [0.2, 0.25) is 0 Å². The van der Waals surface area contributed by atoms with Gasteiger partial charge in [-0.2, -0.15) is 0 Å². The van der Waals surface area contributed by atoms with Crippen molar-refractivity contribution in [3.05, 3.63) is 65.2 Å². The molecule has 3 heterocycles. The first-order valence-electron chi connectivity index (χ1n) is 11.0. The van der Waals surface area contributed by atoms with E-state index in [0.717, 1.165) is 41.4 Å². The van der Waals surface area contributed by atoms with E-state index in [1.165, 1.54) is 9.80 Å². The molecule has 0 saturated carbocycles. The van der Waals surface area contributed by atoms with Crippen LogP contribution in [0.5, 0.6) is 0 Å². The second-order valence-electron chi connectivity index (χ2n) is 9.08. The van der Waals surface area contributed by atoms with E-state index < -0.39 is 6.04 Å². The fourth-order valence-electron chi connectivity index (χ4n) is 4.79. The summed E-state index contributed by atoms with van der Waals surface area (Å²) in [6.07, 6.45) is 0. The largest absolute Gasteiger partial charge is 0.397 e. The number of rotatable bonds is 3. The standard InChI is InChI=1S/C25H28N5O2/c1-16-9-11-19(12-10-16)15-30-23(31)21-22(27(4)25(30)32)26-24-28(13-17(2)14-29(21)24)20-8-6-5-7-18(20)3/h5-12,17,21H,13-15H2,1-4H3/q+1. The molecule has 7 nitrogen and oxygen atoms in total. The number of benzene rings is 2. The van der Waals surface area contributed by atoms with Crippen molar-refractivity contribution in [2.24, 2.45) is 10.9 Å². The molecule has 1 fully saturated rings. The molecule has 0 bridgehead atoms. The Morgan fingerprint density at radius 3 is 2.50 bits per heavy atom. The highest BCUT2D eigenvalue weighted by atomic mass is 16.2. The molecule has 0 aromatic heterocycles. The maximum Gasteiger partial charge on any atom is 0.397 e. The van der Waals surface area contributed by atoms with Crippen molar-refractivity contribution in [3.8, 4) is 0 Å². The molecule has 3 amide bonds. The van der Waals surface area contributed by atoms with E-state index >= 15 is 0 Å². The fraction of sp³-hybridized carbons (Fsp3) is 0.360. The third-order valence-corrected chi connectivity index (χ3v) is 6.50. The molecule has 32 heavy (non-hydrogen) atoms. The first-order chi connectivity index (χ1) is 15.3. The number of likely N-dealkylation sites (N-methyl/N-ethyl adjacent to an activating group) is 1. The molecule has 2 unspecified atom stereocenters. The van der Waals surface area contributed by atoms with E-state index in [2.05, 4.69) is 35.5 Å². The van der Waals surface area contributed by atoms with E-state index in [0.29, 0.717) is 11.8 Å². The van der Waals surface area contributed by atoms with E-state index in [4.69, 9.17) is 4.99 Å². The summed E-state index contributed by atoms with van der Waals surface area (Å²) < 4.78 is 2.07. The van der Waals surface area contributed by atoms with Crippen molar-refractivity contribution in [3.63, 3.8) is 0 Å². The minimum atomic E-state index is -0.576. The number of para-hydroxylation sites is 1. The zero-order valence-corrected chi connectivity index (χ0v) is 18.9. The molecule has 5 rings (SSSR count). The number of nitrogens with zero attached hydrogens (tertiary/aromatic N) is 5. The number of carbonyl (C=O) groups excluding carboxylic acids is 2. The average molecular weight is 431 g/mol. The molecule has 1 saturated heterocycles. The third kappa shape index (κ3) is 3.20. The van der Waals surface area contributed by atoms with Crippen LogP contribution in [0.15, 0.2) is 53.5 Å². The van der Waals surface area contributed by atoms with Crippen LogP contribution in [-0.4, -0.2) is 64.3 Å². The van der Waals surface area contributed by atoms with Gasteiger partial charge in [0.1, 0.15) is 5.69 Å². The van der Waals surface area contributed by atoms with E-state index in [1.54, 1.807) is 7.05 Å². The minimum Gasteiger partial charge on any atom is -0.270 e. The molecule has 2 atom stereocenters.